The molecule has 2 heterocycles. The summed E-state index contributed by atoms with van der Waals surface area (Å²) in [6.07, 6.45) is 0.673. The van der Waals surface area contributed by atoms with Gasteiger partial charge in [0.05, 0.1) is 0 Å². The number of aromatic nitrogens is 1. The Morgan fingerprint density at radius 3 is 2.42 bits per heavy atom. The van der Waals surface area contributed by atoms with Crippen molar-refractivity contribution in [3.8, 4) is 17.2 Å². The van der Waals surface area contributed by atoms with Crippen molar-refractivity contribution in [2.45, 2.75) is 13.0 Å². The van der Waals surface area contributed by atoms with Crippen LogP contribution in [0.2, 0.25) is 15.1 Å². The number of hydrogen-bond donors (Lipinski definition) is 0. The second-order valence-corrected chi connectivity index (χ2v) is 8.60. The maximum absolute atomic E-state index is 6.47. The topological polar surface area (TPSA) is 32.6 Å². The van der Waals surface area contributed by atoms with Gasteiger partial charge in [-0.15, -0.1) is 0 Å². The molecule has 0 amide bonds. The Morgan fingerprint density at radius 2 is 1.65 bits per heavy atom. The van der Waals surface area contributed by atoms with Gasteiger partial charge < -0.3 is 18.8 Å². The number of benzene rings is 3. The molecule has 0 spiro atoms. The zero-order valence-corrected chi connectivity index (χ0v) is 18.9. The van der Waals surface area contributed by atoms with Crippen LogP contribution in [-0.2, 0) is 20.1 Å². The summed E-state index contributed by atoms with van der Waals surface area (Å²) in [5, 5.41) is 2.93. The van der Waals surface area contributed by atoms with Crippen molar-refractivity contribution in [1.82, 2.24) is 4.57 Å². The lowest BCUT2D eigenvalue weighted by Crippen LogP contribution is -1.98. The van der Waals surface area contributed by atoms with Gasteiger partial charge in [0.1, 0.15) is 12.4 Å². The smallest absolute Gasteiger partial charge is 0.231 e. The van der Waals surface area contributed by atoms with Gasteiger partial charge in [0.2, 0.25) is 6.79 Å². The highest BCUT2D eigenvalue weighted by Crippen LogP contribution is 2.38. The van der Waals surface area contributed by atoms with Crippen LogP contribution in [0.1, 0.15) is 16.8 Å². The van der Waals surface area contributed by atoms with Gasteiger partial charge in [-0.25, -0.2) is 0 Å². The van der Waals surface area contributed by atoms with E-state index in [0.717, 1.165) is 39.2 Å². The molecular formula is C24H18Cl3NO3. The van der Waals surface area contributed by atoms with Gasteiger partial charge in [0.15, 0.2) is 11.5 Å². The molecule has 7 heteroatoms. The lowest BCUT2D eigenvalue weighted by molar-refractivity contribution is 0.174. The van der Waals surface area contributed by atoms with Crippen LogP contribution in [0.15, 0.2) is 54.6 Å². The number of nitrogens with zero attached hydrogens (tertiary/aromatic N) is 1. The molecule has 3 aromatic carbocycles. The molecule has 4 aromatic rings. The molecule has 0 saturated carbocycles. The number of rotatable bonds is 5. The molecule has 1 aliphatic heterocycles. The maximum atomic E-state index is 6.47. The zero-order chi connectivity index (χ0) is 21.5. The summed E-state index contributed by atoms with van der Waals surface area (Å²) in [5.41, 5.74) is 4.00. The van der Waals surface area contributed by atoms with Crippen LogP contribution in [0.3, 0.4) is 0 Å². The summed E-state index contributed by atoms with van der Waals surface area (Å²) < 4.78 is 19.0. The summed E-state index contributed by atoms with van der Waals surface area (Å²) in [7, 11) is 2.04. The van der Waals surface area contributed by atoms with E-state index in [0.29, 0.717) is 33.8 Å². The van der Waals surface area contributed by atoms with Gasteiger partial charge in [-0.05, 0) is 48.0 Å². The summed E-state index contributed by atoms with van der Waals surface area (Å²) in [5.74, 6) is 2.17. The predicted molar refractivity (Wildman–Crippen MR) is 124 cm³/mol. The highest BCUT2D eigenvalue weighted by atomic mass is 35.5. The minimum absolute atomic E-state index is 0.228. The van der Waals surface area contributed by atoms with Crippen LogP contribution in [-0.4, -0.2) is 11.4 Å². The maximum Gasteiger partial charge on any atom is 0.231 e. The first-order chi connectivity index (χ1) is 15.0. The molecule has 0 atom stereocenters. The molecule has 1 aliphatic rings. The number of ether oxygens (including phenoxy) is 3. The van der Waals surface area contributed by atoms with E-state index in [4.69, 9.17) is 49.0 Å². The van der Waals surface area contributed by atoms with Crippen molar-refractivity contribution < 1.29 is 14.2 Å². The Morgan fingerprint density at radius 1 is 0.903 bits per heavy atom. The minimum atomic E-state index is 0.228. The van der Waals surface area contributed by atoms with E-state index < -0.39 is 0 Å². The van der Waals surface area contributed by atoms with Crippen LogP contribution in [0.4, 0.5) is 0 Å². The fraction of sp³-hybridized carbons (Fsp3) is 0.167. The lowest BCUT2D eigenvalue weighted by atomic mass is 10.1. The number of fused-ring (bicyclic) bond motifs is 2. The summed E-state index contributed by atoms with van der Waals surface area (Å²) in [6.45, 7) is 0.530. The van der Waals surface area contributed by atoms with Crippen LogP contribution in [0.25, 0.3) is 10.9 Å². The predicted octanol–water partition coefficient (Wildman–Crippen LogP) is 7.04. The average Bonchev–Trinajstić information content (AvgIpc) is 3.31. The van der Waals surface area contributed by atoms with Crippen molar-refractivity contribution in [3.05, 3.63) is 86.5 Å². The highest BCUT2D eigenvalue weighted by Gasteiger charge is 2.18. The van der Waals surface area contributed by atoms with Crippen molar-refractivity contribution >= 4 is 45.7 Å². The molecule has 0 radical (unpaired) electrons. The van der Waals surface area contributed by atoms with Crippen molar-refractivity contribution in [2.75, 3.05) is 6.79 Å². The van der Waals surface area contributed by atoms with Crippen molar-refractivity contribution in [3.63, 3.8) is 0 Å². The van der Waals surface area contributed by atoms with Gasteiger partial charge in [0, 0.05) is 56.8 Å². The van der Waals surface area contributed by atoms with Gasteiger partial charge in [0.25, 0.3) is 0 Å². The molecule has 0 aliphatic carbocycles. The Kier molecular flexibility index (Phi) is 5.39. The Hall–Kier alpha value is -2.53. The minimum Gasteiger partial charge on any atom is -0.489 e. The zero-order valence-electron chi connectivity index (χ0n) is 16.6. The molecule has 0 saturated heterocycles. The normalized spacial score (nSPS) is 12.5. The number of aryl methyl sites for hydroxylation is 1. The van der Waals surface area contributed by atoms with Gasteiger partial charge in [-0.3, -0.25) is 0 Å². The molecule has 1 aromatic heterocycles. The van der Waals surface area contributed by atoms with Gasteiger partial charge in [-0.2, -0.15) is 0 Å². The second kappa shape index (κ2) is 8.19. The molecule has 5 rings (SSSR count). The summed E-state index contributed by atoms with van der Waals surface area (Å²) in [6, 6.07) is 17.3. The number of hydrogen-bond acceptors (Lipinski definition) is 3. The van der Waals surface area contributed by atoms with E-state index in [1.54, 1.807) is 12.1 Å². The van der Waals surface area contributed by atoms with E-state index in [2.05, 4.69) is 10.6 Å². The summed E-state index contributed by atoms with van der Waals surface area (Å²) >= 11 is 19.0. The Bertz CT molecular complexity index is 1280. The first kappa shape index (κ1) is 20.4. The Labute approximate surface area is 194 Å². The summed E-state index contributed by atoms with van der Waals surface area (Å²) in [4.78, 5) is 0. The van der Waals surface area contributed by atoms with E-state index in [-0.39, 0.29) is 6.79 Å². The molecule has 158 valence electrons. The monoisotopic (exact) mass is 473 g/mol. The first-order valence-electron chi connectivity index (χ1n) is 9.71. The van der Waals surface area contributed by atoms with Crippen LogP contribution in [0, 0.1) is 0 Å². The third kappa shape index (κ3) is 3.91. The third-order valence-corrected chi connectivity index (χ3v) is 6.53. The molecular weight excluding hydrogens is 457 g/mol. The fourth-order valence-electron chi connectivity index (χ4n) is 3.76. The lowest BCUT2D eigenvalue weighted by Gasteiger charge is -2.10. The Balaban J connectivity index is 1.40. The molecule has 4 nitrogen and oxygen atoms in total. The molecule has 0 bridgehead atoms. The van der Waals surface area contributed by atoms with Crippen LogP contribution in [0.5, 0.6) is 17.2 Å². The van der Waals surface area contributed by atoms with E-state index in [9.17, 15) is 0 Å². The van der Waals surface area contributed by atoms with Crippen molar-refractivity contribution in [2.24, 2.45) is 7.05 Å². The van der Waals surface area contributed by atoms with E-state index in [1.165, 1.54) is 0 Å². The fourth-order valence-corrected chi connectivity index (χ4v) is 4.49. The van der Waals surface area contributed by atoms with Gasteiger partial charge in [-0.1, -0.05) is 40.9 Å². The van der Waals surface area contributed by atoms with E-state index >= 15 is 0 Å². The first-order valence-corrected chi connectivity index (χ1v) is 10.8. The largest absolute Gasteiger partial charge is 0.489 e. The average molecular weight is 475 g/mol. The van der Waals surface area contributed by atoms with Crippen LogP contribution < -0.4 is 14.2 Å². The quantitative estimate of drug-likeness (QED) is 0.311. The SMILES string of the molecule is Cn1c(Cc2cc3c(cc2Cl)OCO3)cc2cc(OCc3c(Cl)cccc3Cl)ccc21. The molecule has 31 heavy (non-hydrogen) atoms. The number of halogens is 3. The van der Waals surface area contributed by atoms with Gasteiger partial charge >= 0.3 is 0 Å². The van der Waals surface area contributed by atoms with Crippen LogP contribution >= 0.6 is 34.8 Å². The molecule has 0 N–H and O–H groups in total. The second-order valence-electron chi connectivity index (χ2n) is 7.38. The highest BCUT2D eigenvalue weighted by molar-refractivity contribution is 6.36. The van der Waals surface area contributed by atoms with Crippen molar-refractivity contribution in [1.29, 1.82) is 0 Å². The molecule has 0 unspecified atom stereocenters. The van der Waals surface area contributed by atoms with E-state index in [1.807, 2.05) is 43.4 Å². The standard InChI is InChI=1S/C24H18Cl3NO3/c1-28-16(7-14-10-23-24(11-21(14)27)31-13-30-23)8-15-9-17(5-6-22(15)28)29-12-18-19(25)3-2-4-20(18)26/h2-6,8-11H,7,12-13H2,1H3. The third-order valence-electron chi connectivity index (χ3n) is 5.47. The molecule has 0 fully saturated rings.